The van der Waals surface area contributed by atoms with Crippen LogP contribution < -0.4 is 0 Å². The van der Waals surface area contributed by atoms with Crippen molar-refractivity contribution in [2.24, 2.45) is 0 Å². The molecular formula is C12H23N3O3. The molecule has 0 aromatic heterocycles. The lowest BCUT2D eigenvalue weighted by Gasteiger charge is -2.38. The van der Waals surface area contributed by atoms with E-state index in [0.717, 1.165) is 13.1 Å². The van der Waals surface area contributed by atoms with Gasteiger partial charge in [-0.1, -0.05) is 0 Å². The molecule has 0 bridgehead atoms. The van der Waals surface area contributed by atoms with Gasteiger partial charge in [0.1, 0.15) is 0 Å². The molecule has 0 radical (unpaired) electrons. The second-order valence-corrected chi connectivity index (χ2v) is 4.96. The first-order valence-corrected chi connectivity index (χ1v) is 6.37. The topological polar surface area (TPSA) is 64.1 Å². The molecule has 0 atom stereocenters. The molecule has 0 saturated carbocycles. The summed E-state index contributed by atoms with van der Waals surface area (Å²) >= 11 is 0. The highest BCUT2D eigenvalue weighted by Gasteiger charge is 2.24. The van der Waals surface area contributed by atoms with Crippen LogP contribution in [0.25, 0.3) is 0 Å². The van der Waals surface area contributed by atoms with Gasteiger partial charge < -0.3 is 14.9 Å². The zero-order valence-electron chi connectivity index (χ0n) is 11.4. The number of aliphatic carboxylic acids is 1. The fourth-order valence-electron chi connectivity index (χ4n) is 2.03. The normalized spacial score (nSPS) is 17.0. The Hall–Kier alpha value is -1.30. The molecule has 1 heterocycles. The Morgan fingerprint density at radius 1 is 1.22 bits per heavy atom. The third-order valence-corrected chi connectivity index (χ3v) is 3.30. The van der Waals surface area contributed by atoms with Crippen molar-refractivity contribution in [3.05, 3.63) is 0 Å². The summed E-state index contributed by atoms with van der Waals surface area (Å²) in [5.41, 5.74) is 0. The minimum Gasteiger partial charge on any atom is -0.481 e. The molecule has 18 heavy (non-hydrogen) atoms. The molecular weight excluding hydrogens is 234 g/mol. The Morgan fingerprint density at radius 3 is 2.22 bits per heavy atom. The largest absolute Gasteiger partial charge is 0.481 e. The molecule has 1 rings (SSSR count). The van der Waals surface area contributed by atoms with Crippen LogP contribution in [-0.2, 0) is 4.79 Å². The van der Waals surface area contributed by atoms with Crippen LogP contribution in [0.1, 0.15) is 20.3 Å². The Balaban J connectivity index is 2.37. The molecule has 0 aliphatic carbocycles. The number of carbonyl (C=O) groups excluding carboxylic acids is 1. The van der Waals surface area contributed by atoms with E-state index in [1.807, 2.05) is 0 Å². The van der Waals surface area contributed by atoms with E-state index in [9.17, 15) is 9.59 Å². The maximum atomic E-state index is 12.0. The van der Waals surface area contributed by atoms with Gasteiger partial charge in [-0.2, -0.15) is 0 Å². The van der Waals surface area contributed by atoms with Crippen LogP contribution in [0.4, 0.5) is 4.79 Å². The predicted octanol–water partition coefficient (Wildman–Crippen LogP) is 0.539. The third kappa shape index (κ3) is 4.18. The molecule has 0 aromatic rings. The highest BCUT2D eigenvalue weighted by Crippen LogP contribution is 2.08. The van der Waals surface area contributed by atoms with Crippen LogP contribution in [0.5, 0.6) is 0 Å². The van der Waals surface area contributed by atoms with E-state index < -0.39 is 5.97 Å². The highest BCUT2D eigenvalue weighted by atomic mass is 16.4. The summed E-state index contributed by atoms with van der Waals surface area (Å²) in [7, 11) is 1.65. The number of carboxylic acids is 1. The van der Waals surface area contributed by atoms with Crippen molar-refractivity contribution in [1.82, 2.24) is 14.7 Å². The van der Waals surface area contributed by atoms with Gasteiger partial charge in [0.25, 0.3) is 0 Å². The fourth-order valence-corrected chi connectivity index (χ4v) is 2.03. The molecule has 104 valence electrons. The average Bonchev–Trinajstić information content (AvgIpc) is 2.35. The number of amides is 2. The summed E-state index contributed by atoms with van der Waals surface area (Å²) in [6.07, 6.45) is -0.00575. The highest BCUT2D eigenvalue weighted by molar-refractivity contribution is 5.75. The number of carboxylic acid groups (broad SMARTS) is 1. The summed E-state index contributed by atoms with van der Waals surface area (Å²) < 4.78 is 0. The summed E-state index contributed by atoms with van der Waals surface area (Å²) in [4.78, 5) is 28.1. The van der Waals surface area contributed by atoms with Crippen LogP contribution in [0.2, 0.25) is 0 Å². The minimum absolute atomic E-state index is 0.00575. The molecule has 0 unspecified atom stereocenters. The van der Waals surface area contributed by atoms with Gasteiger partial charge in [0.15, 0.2) is 0 Å². The lowest BCUT2D eigenvalue weighted by Crippen LogP contribution is -2.53. The zero-order chi connectivity index (χ0) is 13.7. The number of urea groups is 1. The van der Waals surface area contributed by atoms with Gasteiger partial charge in [0.2, 0.25) is 0 Å². The van der Waals surface area contributed by atoms with Gasteiger partial charge in [-0.3, -0.25) is 9.69 Å². The molecule has 6 nitrogen and oxygen atoms in total. The fraction of sp³-hybridized carbons (Fsp3) is 0.833. The number of hydrogen-bond acceptors (Lipinski definition) is 3. The predicted molar refractivity (Wildman–Crippen MR) is 68.6 cm³/mol. The van der Waals surface area contributed by atoms with E-state index in [2.05, 4.69) is 18.7 Å². The maximum Gasteiger partial charge on any atom is 0.319 e. The first-order chi connectivity index (χ1) is 8.41. The molecule has 2 amide bonds. The zero-order valence-corrected chi connectivity index (χ0v) is 11.4. The number of hydrogen-bond donors (Lipinski definition) is 1. The first-order valence-electron chi connectivity index (χ1n) is 6.37. The number of piperazine rings is 1. The molecule has 0 aromatic carbocycles. The number of rotatable bonds is 4. The van der Waals surface area contributed by atoms with Gasteiger partial charge in [-0.25, -0.2) is 4.79 Å². The van der Waals surface area contributed by atoms with Crippen molar-refractivity contribution in [3.63, 3.8) is 0 Å². The van der Waals surface area contributed by atoms with E-state index in [4.69, 9.17) is 5.11 Å². The van der Waals surface area contributed by atoms with Crippen molar-refractivity contribution in [1.29, 1.82) is 0 Å². The summed E-state index contributed by atoms with van der Waals surface area (Å²) in [5, 5.41) is 8.59. The number of nitrogens with zero attached hydrogens (tertiary/aromatic N) is 3. The quantitative estimate of drug-likeness (QED) is 0.798. The molecule has 1 saturated heterocycles. The monoisotopic (exact) mass is 257 g/mol. The molecule has 1 aliphatic rings. The van der Waals surface area contributed by atoms with Crippen molar-refractivity contribution in [3.8, 4) is 0 Å². The molecule has 1 aliphatic heterocycles. The van der Waals surface area contributed by atoms with E-state index in [1.54, 1.807) is 11.9 Å². The van der Waals surface area contributed by atoms with E-state index in [0.29, 0.717) is 19.1 Å². The third-order valence-electron chi connectivity index (χ3n) is 3.30. The number of carbonyl (C=O) groups is 2. The maximum absolute atomic E-state index is 12.0. The van der Waals surface area contributed by atoms with Gasteiger partial charge in [-0.15, -0.1) is 0 Å². The van der Waals surface area contributed by atoms with Crippen molar-refractivity contribution in [2.45, 2.75) is 26.3 Å². The van der Waals surface area contributed by atoms with Crippen LogP contribution in [0, 0.1) is 0 Å². The van der Waals surface area contributed by atoms with Crippen LogP contribution >= 0.6 is 0 Å². The second-order valence-electron chi connectivity index (χ2n) is 4.96. The summed E-state index contributed by atoms with van der Waals surface area (Å²) in [5.74, 6) is -0.876. The standard InChI is InChI=1S/C12H23N3O3/c1-10(2)14-6-8-15(9-7-14)12(18)13(3)5-4-11(16)17/h10H,4-9H2,1-3H3,(H,16,17). The smallest absolute Gasteiger partial charge is 0.319 e. The average molecular weight is 257 g/mol. The van der Waals surface area contributed by atoms with Crippen LogP contribution in [0.15, 0.2) is 0 Å². The van der Waals surface area contributed by atoms with E-state index >= 15 is 0 Å². The Bertz CT molecular complexity index is 299. The van der Waals surface area contributed by atoms with Gasteiger partial charge in [-0.05, 0) is 13.8 Å². The lowest BCUT2D eigenvalue weighted by molar-refractivity contribution is -0.137. The van der Waals surface area contributed by atoms with Gasteiger partial charge >= 0.3 is 12.0 Å². The van der Waals surface area contributed by atoms with Crippen LogP contribution in [0.3, 0.4) is 0 Å². The molecule has 6 heteroatoms. The van der Waals surface area contributed by atoms with Crippen molar-refractivity contribution < 1.29 is 14.7 Å². The Kier molecular flexibility index (Phi) is 5.40. The molecule has 0 spiro atoms. The SMILES string of the molecule is CC(C)N1CCN(C(=O)N(C)CCC(=O)O)CC1. The van der Waals surface area contributed by atoms with Crippen molar-refractivity contribution in [2.75, 3.05) is 39.8 Å². The molecule has 1 fully saturated rings. The second kappa shape index (κ2) is 6.58. The molecule has 1 N–H and O–H groups in total. The van der Waals surface area contributed by atoms with Crippen LogP contribution in [-0.4, -0.2) is 77.6 Å². The Morgan fingerprint density at radius 2 is 1.78 bits per heavy atom. The van der Waals surface area contributed by atoms with Gasteiger partial charge in [0.05, 0.1) is 6.42 Å². The Labute approximate surface area is 108 Å². The first kappa shape index (κ1) is 14.8. The summed E-state index contributed by atoms with van der Waals surface area (Å²) in [6, 6.07) is 0.437. The van der Waals surface area contributed by atoms with Crippen molar-refractivity contribution >= 4 is 12.0 Å². The lowest BCUT2D eigenvalue weighted by atomic mass is 10.2. The van der Waals surface area contributed by atoms with E-state index in [1.165, 1.54) is 4.90 Å². The van der Waals surface area contributed by atoms with Gasteiger partial charge in [0, 0.05) is 45.8 Å². The minimum atomic E-state index is -0.876. The van der Waals surface area contributed by atoms with E-state index in [-0.39, 0.29) is 19.0 Å². The summed E-state index contributed by atoms with van der Waals surface area (Å²) in [6.45, 7) is 7.76.